The van der Waals surface area contributed by atoms with E-state index < -0.39 is 0 Å². The number of hydrogen-bond acceptors (Lipinski definition) is 3. The number of ether oxygens (including phenoxy) is 2. The fraction of sp³-hybridized carbons (Fsp3) is 0.417. The molecular weight excluding hydrogens is 272 g/mol. The maximum atomic E-state index is 11.4. The molecule has 0 spiro atoms. The Morgan fingerprint density at radius 3 is 2.69 bits per heavy atom. The topological polar surface area (TPSA) is 35.5 Å². The van der Waals surface area contributed by atoms with Crippen LogP contribution in [0.1, 0.15) is 18.1 Å². The van der Waals surface area contributed by atoms with E-state index in [-0.39, 0.29) is 12.4 Å². The Kier molecular flexibility index (Phi) is 4.80. The molecule has 0 unspecified atom stereocenters. The van der Waals surface area contributed by atoms with Crippen molar-refractivity contribution < 1.29 is 14.3 Å². The van der Waals surface area contributed by atoms with Crippen LogP contribution in [0.5, 0.6) is 5.75 Å². The molecule has 0 saturated carbocycles. The van der Waals surface area contributed by atoms with E-state index >= 15 is 0 Å². The zero-order valence-electron chi connectivity index (χ0n) is 9.67. The third kappa shape index (κ3) is 2.98. The zero-order chi connectivity index (χ0) is 12.1. The molecule has 0 bridgehead atoms. The zero-order valence-corrected chi connectivity index (χ0v) is 11.3. The van der Waals surface area contributed by atoms with E-state index in [0.29, 0.717) is 12.4 Å². The molecule has 0 saturated heterocycles. The second-order valence-corrected chi connectivity index (χ2v) is 4.16. The lowest BCUT2D eigenvalue weighted by Gasteiger charge is -2.11. The fourth-order valence-corrected chi connectivity index (χ4v) is 1.97. The minimum absolute atomic E-state index is 0.232. The molecule has 88 valence electrons. The molecule has 0 aromatic heterocycles. The first-order valence-corrected chi connectivity index (χ1v) is 5.87. The summed E-state index contributed by atoms with van der Waals surface area (Å²) in [5, 5.41) is 0. The number of hydrogen-bond donors (Lipinski definition) is 0. The largest absolute Gasteiger partial charge is 0.495 e. The predicted molar refractivity (Wildman–Crippen MR) is 65.8 cm³/mol. The number of methoxy groups -OCH3 is 1. The van der Waals surface area contributed by atoms with Crippen LogP contribution in [0.25, 0.3) is 0 Å². The lowest BCUT2D eigenvalue weighted by molar-refractivity contribution is -0.142. The maximum absolute atomic E-state index is 11.4. The molecule has 3 nitrogen and oxygen atoms in total. The summed E-state index contributed by atoms with van der Waals surface area (Å²) >= 11 is 3.44. The highest BCUT2D eigenvalue weighted by Crippen LogP contribution is 2.32. The molecule has 1 aromatic rings. The van der Waals surface area contributed by atoms with Crippen molar-refractivity contribution in [2.24, 2.45) is 0 Å². The van der Waals surface area contributed by atoms with Crippen LogP contribution in [0, 0.1) is 6.92 Å². The minimum Gasteiger partial charge on any atom is -0.495 e. The van der Waals surface area contributed by atoms with E-state index in [4.69, 9.17) is 9.47 Å². The Bertz CT molecular complexity index is 388. The molecule has 0 atom stereocenters. The van der Waals surface area contributed by atoms with Crippen LogP contribution in [0.4, 0.5) is 0 Å². The van der Waals surface area contributed by atoms with Gasteiger partial charge in [0.05, 0.1) is 24.6 Å². The van der Waals surface area contributed by atoms with Gasteiger partial charge in [-0.3, -0.25) is 4.79 Å². The average molecular weight is 287 g/mol. The SMILES string of the molecule is CCOC(=O)Cc1ccc(C)c(Br)c1OC. The number of carbonyl (C=O) groups is 1. The summed E-state index contributed by atoms with van der Waals surface area (Å²) < 4.78 is 11.1. The molecular formula is C12H15BrO3. The van der Waals surface area contributed by atoms with Crippen LogP contribution in [0.3, 0.4) is 0 Å². The standard InChI is InChI=1S/C12H15BrO3/c1-4-16-10(14)7-9-6-5-8(2)11(13)12(9)15-3/h5-6H,4,7H2,1-3H3. The molecule has 1 rings (SSSR count). The van der Waals surface area contributed by atoms with Crippen LogP contribution < -0.4 is 4.74 Å². The smallest absolute Gasteiger partial charge is 0.310 e. The Balaban J connectivity index is 2.96. The number of carbonyl (C=O) groups excluding carboxylic acids is 1. The van der Waals surface area contributed by atoms with E-state index in [1.165, 1.54) is 0 Å². The first kappa shape index (κ1) is 13.0. The first-order valence-electron chi connectivity index (χ1n) is 5.07. The molecule has 16 heavy (non-hydrogen) atoms. The van der Waals surface area contributed by atoms with Crippen molar-refractivity contribution in [1.29, 1.82) is 0 Å². The lowest BCUT2D eigenvalue weighted by atomic mass is 10.1. The van der Waals surface area contributed by atoms with Crippen molar-refractivity contribution in [1.82, 2.24) is 0 Å². The molecule has 0 aliphatic carbocycles. The van der Waals surface area contributed by atoms with Crippen LogP contribution in [-0.4, -0.2) is 19.7 Å². The van der Waals surface area contributed by atoms with Crippen molar-refractivity contribution in [2.75, 3.05) is 13.7 Å². The van der Waals surface area contributed by atoms with Crippen LogP contribution >= 0.6 is 15.9 Å². The summed E-state index contributed by atoms with van der Waals surface area (Å²) in [7, 11) is 1.59. The number of halogens is 1. The molecule has 0 heterocycles. The number of benzene rings is 1. The number of rotatable bonds is 4. The quantitative estimate of drug-likeness (QED) is 0.799. The lowest BCUT2D eigenvalue weighted by Crippen LogP contribution is -2.08. The van der Waals surface area contributed by atoms with Gasteiger partial charge in [0.1, 0.15) is 5.75 Å². The van der Waals surface area contributed by atoms with Crippen LogP contribution in [0.15, 0.2) is 16.6 Å². The summed E-state index contributed by atoms with van der Waals surface area (Å²) in [6, 6.07) is 3.83. The van der Waals surface area contributed by atoms with E-state index in [9.17, 15) is 4.79 Å². The number of esters is 1. The predicted octanol–water partition coefficient (Wildman–Crippen LogP) is 2.87. The van der Waals surface area contributed by atoms with E-state index in [0.717, 1.165) is 15.6 Å². The highest BCUT2D eigenvalue weighted by molar-refractivity contribution is 9.10. The summed E-state index contributed by atoms with van der Waals surface area (Å²) in [5.41, 5.74) is 1.91. The molecule has 0 fully saturated rings. The van der Waals surface area contributed by atoms with Gasteiger partial charge in [-0.25, -0.2) is 0 Å². The van der Waals surface area contributed by atoms with Gasteiger partial charge in [0, 0.05) is 5.56 Å². The van der Waals surface area contributed by atoms with Gasteiger partial charge in [-0.2, -0.15) is 0 Å². The molecule has 4 heteroatoms. The molecule has 0 aliphatic rings. The molecule has 0 amide bonds. The maximum Gasteiger partial charge on any atom is 0.310 e. The second kappa shape index (κ2) is 5.89. The minimum atomic E-state index is -0.239. The van der Waals surface area contributed by atoms with Crippen molar-refractivity contribution in [3.8, 4) is 5.75 Å². The highest BCUT2D eigenvalue weighted by Gasteiger charge is 2.13. The Morgan fingerprint density at radius 2 is 2.12 bits per heavy atom. The van der Waals surface area contributed by atoms with Crippen molar-refractivity contribution >= 4 is 21.9 Å². The third-order valence-electron chi connectivity index (χ3n) is 2.22. The van der Waals surface area contributed by atoms with Gasteiger partial charge in [-0.1, -0.05) is 12.1 Å². The second-order valence-electron chi connectivity index (χ2n) is 3.37. The van der Waals surface area contributed by atoms with Gasteiger partial charge in [-0.05, 0) is 35.3 Å². The number of aryl methyl sites for hydroxylation is 1. The Morgan fingerprint density at radius 1 is 1.44 bits per heavy atom. The van der Waals surface area contributed by atoms with E-state index in [2.05, 4.69) is 15.9 Å². The van der Waals surface area contributed by atoms with E-state index in [1.807, 2.05) is 19.1 Å². The third-order valence-corrected chi connectivity index (χ3v) is 3.20. The monoisotopic (exact) mass is 286 g/mol. The van der Waals surface area contributed by atoms with Gasteiger partial charge in [0.2, 0.25) is 0 Å². The van der Waals surface area contributed by atoms with Gasteiger partial charge in [0.25, 0.3) is 0 Å². The summed E-state index contributed by atoms with van der Waals surface area (Å²) in [6.07, 6.45) is 0.232. The van der Waals surface area contributed by atoms with Crippen LogP contribution in [-0.2, 0) is 16.0 Å². The Hall–Kier alpha value is -1.03. The summed E-state index contributed by atoms with van der Waals surface area (Å²) in [6.45, 7) is 4.16. The Labute approximate surface area is 104 Å². The molecule has 0 aliphatic heterocycles. The van der Waals surface area contributed by atoms with Gasteiger partial charge in [-0.15, -0.1) is 0 Å². The van der Waals surface area contributed by atoms with Gasteiger partial charge < -0.3 is 9.47 Å². The van der Waals surface area contributed by atoms with Gasteiger partial charge in [0.15, 0.2) is 0 Å². The highest BCUT2D eigenvalue weighted by atomic mass is 79.9. The van der Waals surface area contributed by atoms with Crippen LogP contribution in [0.2, 0.25) is 0 Å². The van der Waals surface area contributed by atoms with Gasteiger partial charge >= 0.3 is 5.97 Å². The average Bonchev–Trinajstić information content (AvgIpc) is 2.24. The molecule has 1 aromatic carbocycles. The molecule has 0 radical (unpaired) electrons. The molecule has 0 N–H and O–H groups in total. The van der Waals surface area contributed by atoms with Crippen molar-refractivity contribution in [2.45, 2.75) is 20.3 Å². The fourth-order valence-electron chi connectivity index (χ4n) is 1.42. The van der Waals surface area contributed by atoms with Crippen molar-refractivity contribution in [3.05, 3.63) is 27.7 Å². The van der Waals surface area contributed by atoms with Crippen molar-refractivity contribution in [3.63, 3.8) is 0 Å². The normalized spacial score (nSPS) is 10.0. The first-order chi connectivity index (χ1) is 7.60. The summed E-state index contributed by atoms with van der Waals surface area (Å²) in [5.74, 6) is 0.463. The summed E-state index contributed by atoms with van der Waals surface area (Å²) in [4.78, 5) is 11.4. The van der Waals surface area contributed by atoms with E-state index in [1.54, 1.807) is 14.0 Å².